The summed E-state index contributed by atoms with van der Waals surface area (Å²) < 4.78 is 12.0. The Morgan fingerprint density at radius 2 is 1.37 bits per heavy atom. The van der Waals surface area contributed by atoms with Gasteiger partial charge in [-0.1, -0.05) is 24.3 Å². The van der Waals surface area contributed by atoms with E-state index in [1.165, 1.54) is 16.8 Å². The highest BCUT2D eigenvalue weighted by Crippen LogP contribution is 2.38. The molecule has 2 aromatic carbocycles. The number of para-hydroxylation sites is 2. The molecule has 4 aliphatic heterocycles. The van der Waals surface area contributed by atoms with Gasteiger partial charge in [0.25, 0.3) is 0 Å². The normalized spacial score (nSPS) is 20.2. The number of rotatable bonds is 15. The summed E-state index contributed by atoms with van der Waals surface area (Å²) in [4.78, 5) is 73.5. The van der Waals surface area contributed by atoms with E-state index >= 15 is 0 Å². The molecule has 1 amide bonds. The average Bonchev–Trinajstić information content (AvgIpc) is 4.08. The number of aromatic carboxylic acids is 2. The SMILES string of the molecule is O=C(C[C@H]1CCNC1)Cn1nnnc1C(=O)C[C@H]1Cc2cccc(C(=O)O)c2OB1O.O=C(Cn1nnc(C(=O)C[C@H]2Cc3cccc(C(=O)O)c3OB2O)n1)N[C@H]1CCNC1. The van der Waals surface area contributed by atoms with Gasteiger partial charge in [0.05, 0.1) is 11.1 Å². The van der Waals surface area contributed by atoms with Crippen LogP contribution in [0.2, 0.25) is 11.6 Å². The Balaban J connectivity index is 0.000000186. The number of Topliss-reactive ketones (excluding diaryl/α,β-unsaturated/α-hetero) is 3. The molecule has 6 heterocycles. The maximum Gasteiger partial charge on any atom is 0.526 e. The van der Waals surface area contributed by atoms with E-state index < -0.39 is 49.4 Å². The van der Waals surface area contributed by atoms with Crippen molar-refractivity contribution in [1.29, 1.82) is 0 Å². The van der Waals surface area contributed by atoms with Crippen molar-refractivity contribution in [3.8, 4) is 11.5 Å². The molecule has 4 aliphatic rings. The summed E-state index contributed by atoms with van der Waals surface area (Å²) >= 11 is 0. The van der Waals surface area contributed by atoms with Crippen LogP contribution in [0.25, 0.3) is 0 Å². The minimum atomic E-state index is -1.35. The lowest BCUT2D eigenvalue weighted by Gasteiger charge is -2.27. The summed E-state index contributed by atoms with van der Waals surface area (Å²) in [6.45, 7) is 3.02. The number of nitrogens with zero attached hydrogens (tertiary/aromatic N) is 8. The van der Waals surface area contributed by atoms with Crippen LogP contribution in [-0.4, -0.2) is 142 Å². The molecule has 2 aromatic heterocycles. The number of nitrogens with one attached hydrogen (secondary N) is 3. The first-order valence-corrected chi connectivity index (χ1v) is 20.1. The molecule has 0 bridgehead atoms. The fourth-order valence-electron chi connectivity index (χ4n) is 7.87. The van der Waals surface area contributed by atoms with Crippen LogP contribution in [-0.2, 0) is 35.5 Å². The van der Waals surface area contributed by atoms with Gasteiger partial charge in [-0.3, -0.25) is 19.2 Å². The molecule has 0 unspecified atom stereocenters. The largest absolute Gasteiger partial charge is 0.535 e. The van der Waals surface area contributed by atoms with Gasteiger partial charge in [-0.15, -0.1) is 15.3 Å². The van der Waals surface area contributed by atoms with Crippen molar-refractivity contribution >= 4 is 49.4 Å². The second-order valence-electron chi connectivity index (χ2n) is 15.6. The molecule has 0 radical (unpaired) electrons. The van der Waals surface area contributed by atoms with Gasteiger partial charge in [-0.25, -0.2) is 14.3 Å². The number of carboxylic acids is 2. The highest BCUT2D eigenvalue weighted by atomic mass is 16.5. The third-order valence-electron chi connectivity index (χ3n) is 11.0. The first-order chi connectivity index (χ1) is 29.8. The number of hydrogen-bond donors (Lipinski definition) is 7. The van der Waals surface area contributed by atoms with Crippen LogP contribution >= 0.6 is 0 Å². The van der Waals surface area contributed by atoms with Crippen molar-refractivity contribution in [2.75, 3.05) is 26.2 Å². The third-order valence-corrected chi connectivity index (χ3v) is 11.0. The first-order valence-electron chi connectivity index (χ1n) is 20.1. The van der Waals surface area contributed by atoms with Crippen LogP contribution in [0.4, 0.5) is 0 Å². The summed E-state index contributed by atoms with van der Waals surface area (Å²) in [6, 6.07) is 9.42. The summed E-state index contributed by atoms with van der Waals surface area (Å²) in [7, 11) is -2.70. The lowest BCUT2D eigenvalue weighted by atomic mass is 9.64. The molecule has 8 rings (SSSR count). The lowest BCUT2D eigenvalue weighted by Crippen LogP contribution is -2.38. The number of tetrazole rings is 2. The van der Waals surface area contributed by atoms with Crippen LogP contribution in [0.3, 0.4) is 0 Å². The Kier molecular flexibility index (Phi) is 13.7. The van der Waals surface area contributed by atoms with Gasteiger partial charge in [0.15, 0.2) is 5.78 Å². The zero-order chi connectivity index (χ0) is 43.9. The van der Waals surface area contributed by atoms with Gasteiger partial charge in [-0.2, -0.15) is 4.80 Å². The van der Waals surface area contributed by atoms with Gasteiger partial charge in [0, 0.05) is 43.5 Å². The topological polar surface area (TPSA) is 325 Å². The van der Waals surface area contributed by atoms with Crippen molar-refractivity contribution in [2.45, 2.75) is 75.7 Å². The van der Waals surface area contributed by atoms with Crippen molar-refractivity contribution in [2.24, 2.45) is 5.92 Å². The molecule has 4 atom stereocenters. The van der Waals surface area contributed by atoms with Crippen molar-refractivity contribution < 1.29 is 58.3 Å². The Hall–Kier alpha value is -6.43. The number of ketones is 3. The van der Waals surface area contributed by atoms with Gasteiger partial charge in [-0.05, 0) is 90.1 Å². The molecule has 23 nitrogen and oxygen atoms in total. The lowest BCUT2D eigenvalue weighted by molar-refractivity contribution is -0.123. The third kappa shape index (κ3) is 10.5. The maximum absolute atomic E-state index is 12.8. The minimum Gasteiger partial charge on any atom is -0.535 e. The van der Waals surface area contributed by atoms with E-state index in [1.54, 1.807) is 24.3 Å². The maximum atomic E-state index is 12.8. The van der Waals surface area contributed by atoms with Crippen molar-refractivity contribution in [3.05, 3.63) is 70.3 Å². The monoisotopic (exact) mass is 855 g/mol. The van der Waals surface area contributed by atoms with E-state index in [1.807, 2.05) is 0 Å². The molecule has 0 saturated carbocycles. The molecule has 4 aromatic rings. The van der Waals surface area contributed by atoms with E-state index in [0.29, 0.717) is 24.1 Å². The van der Waals surface area contributed by atoms with Crippen molar-refractivity contribution in [3.63, 3.8) is 0 Å². The predicted molar refractivity (Wildman–Crippen MR) is 212 cm³/mol. The number of carboxylic acid groups (broad SMARTS) is 2. The number of amides is 1. The number of carbonyl (C=O) groups excluding carboxylic acids is 4. The standard InChI is InChI=1S/C19H22BN5O6.C18H21BN6O6/c26-14(6-11-4-5-21-9-11)10-25-18(22-23-24-25)16(27)8-13-7-12-2-1-3-15(19(28)29)17(12)31-20(13)30;26-14(17-22-24-25(23-17)9-15(27)21-12-4-5-20-8-12)7-11-6-10-2-1-3-13(18(28)29)16(10)31-19(11)30/h1-3,11,13,21,30H,4-10H2,(H,28,29);1-3,11-12,20,30H,4-9H2,(H,21,27)(H,28,29)/t11-,13-;11-,12+/m11/s1. The van der Waals surface area contributed by atoms with E-state index in [4.69, 9.17) is 9.31 Å². The molecule has 62 heavy (non-hydrogen) atoms. The molecule has 2 saturated heterocycles. The number of carbonyl (C=O) groups is 6. The van der Waals surface area contributed by atoms with E-state index in [2.05, 4.69) is 46.9 Å². The molecular formula is C37H43B2N11O12. The van der Waals surface area contributed by atoms with Crippen LogP contribution in [0.15, 0.2) is 36.4 Å². The fraction of sp³-hybridized carbons (Fsp3) is 0.459. The van der Waals surface area contributed by atoms with Gasteiger partial charge in [0.1, 0.15) is 24.6 Å². The van der Waals surface area contributed by atoms with Gasteiger partial charge in [0.2, 0.25) is 29.1 Å². The predicted octanol–water partition coefficient (Wildman–Crippen LogP) is -1.09. The Morgan fingerprint density at radius 3 is 1.95 bits per heavy atom. The van der Waals surface area contributed by atoms with Crippen LogP contribution in [0, 0.1) is 5.92 Å². The fourth-order valence-corrected chi connectivity index (χ4v) is 7.87. The molecule has 0 spiro atoms. The first kappa shape index (κ1) is 43.7. The molecule has 0 aliphatic carbocycles. The highest BCUT2D eigenvalue weighted by Gasteiger charge is 2.40. The highest BCUT2D eigenvalue weighted by molar-refractivity contribution is 6.47. The summed E-state index contributed by atoms with van der Waals surface area (Å²) in [6.07, 6.45) is 2.48. The summed E-state index contributed by atoms with van der Waals surface area (Å²) in [5.41, 5.74) is 1.11. The zero-order valence-electron chi connectivity index (χ0n) is 33.3. The summed E-state index contributed by atoms with van der Waals surface area (Å²) in [5, 5.41) is 70.9. The average molecular weight is 855 g/mol. The second-order valence-corrected chi connectivity index (χ2v) is 15.6. The minimum absolute atomic E-state index is 0.0405. The zero-order valence-corrected chi connectivity index (χ0v) is 33.3. The second kappa shape index (κ2) is 19.5. The van der Waals surface area contributed by atoms with Crippen molar-refractivity contribution in [1.82, 2.24) is 56.4 Å². The van der Waals surface area contributed by atoms with Crippen LogP contribution in [0.1, 0.15) is 85.2 Å². The Morgan fingerprint density at radius 1 is 0.758 bits per heavy atom. The molecule has 7 N–H and O–H groups in total. The molecule has 324 valence electrons. The van der Waals surface area contributed by atoms with Crippen LogP contribution in [0.5, 0.6) is 11.5 Å². The number of benzene rings is 2. The van der Waals surface area contributed by atoms with E-state index in [0.717, 1.165) is 37.3 Å². The van der Waals surface area contributed by atoms with E-state index in [-0.39, 0.29) is 96.7 Å². The van der Waals surface area contributed by atoms with Gasteiger partial charge >= 0.3 is 26.2 Å². The number of fused-ring (bicyclic) bond motifs is 2. The molecular weight excluding hydrogens is 812 g/mol. The molecule has 25 heteroatoms. The summed E-state index contributed by atoms with van der Waals surface area (Å²) in [5.74, 6) is -4.42. The quantitative estimate of drug-likeness (QED) is 0.0551. The number of aromatic nitrogens is 8. The Bertz CT molecular complexity index is 2330. The number of hydrogen-bond acceptors (Lipinski definition) is 18. The van der Waals surface area contributed by atoms with Gasteiger partial charge < -0.3 is 45.5 Å². The Labute approximate surface area is 353 Å². The van der Waals surface area contributed by atoms with E-state index in [9.17, 15) is 49.0 Å². The van der Waals surface area contributed by atoms with Crippen LogP contribution < -0.4 is 25.3 Å². The molecule has 2 fully saturated rings. The smallest absolute Gasteiger partial charge is 0.526 e.